The summed E-state index contributed by atoms with van der Waals surface area (Å²) < 4.78 is 2.37. The molecule has 2 aliphatic heterocycles. The summed E-state index contributed by atoms with van der Waals surface area (Å²) in [6.45, 7) is 1.03. The Balaban J connectivity index is 1.55. The van der Waals surface area contributed by atoms with E-state index in [0.29, 0.717) is 17.5 Å². The van der Waals surface area contributed by atoms with Crippen molar-refractivity contribution in [3.8, 4) is 0 Å². The van der Waals surface area contributed by atoms with Crippen molar-refractivity contribution in [3.05, 3.63) is 24.0 Å². The van der Waals surface area contributed by atoms with E-state index in [0.717, 1.165) is 30.0 Å². The molecule has 0 spiro atoms. The number of nitrogens with zero attached hydrogens (tertiary/aromatic N) is 3. The molecule has 2 atom stereocenters. The maximum atomic E-state index is 9.37. The van der Waals surface area contributed by atoms with E-state index in [1.165, 1.54) is 37.9 Å². The van der Waals surface area contributed by atoms with Crippen LogP contribution in [0, 0.1) is 0 Å². The molecule has 1 aliphatic carbocycles. The Kier molecular flexibility index (Phi) is 3.09. The third-order valence-electron chi connectivity index (χ3n) is 6.13. The summed E-state index contributed by atoms with van der Waals surface area (Å²) in [5, 5.41) is 18.7. The standard InChI is InChI=1S/C17H22BN3O2/c22-18(23)11-4-7-16-15(8-11)19-17-9-13-5-6-14(10-20(16)17)21(13)12-2-1-3-12/h4,7-8,12-14,22-23H,1-3,5-6,9-10H2. The van der Waals surface area contributed by atoms with Crippen LogP contribution in [0.1, 0.15) is 37.9 Å². The average molecular weight is 311 g/mol. The van der Waals surface area contributed by atoms with Gasteiger partial charge in [0.1, 0.15) is 5.82 Å². The van der Waals surface area contributed by atoms with Gasteiger partial charge in [0.15, 0.2) is 0 Å². The Hall–Kier alpha value is -1.37. The van der Waals surface area contributed by atoms with E-state index in [4.69, 9.17) is 4.98 Å². The second-order valence-electron chi connectivity index (χ2n) is 7.38. The van der Waals surface area contributed by atoms with Crippen molar-refractivity contribution >= 4 is 23.6 Å². The second kappa shape index (κ2) is 5.06. The Labute approximate surface area is 136 Å². The van der Waals surface area contributed by atoms with Gasteiger partial charge in [0.25, 0.3) is 0 Å². The molecule has 1 saturated carbocycles. The zero-order valence-corrected chi connectivity index (χ0v) is 13.2. The normalized spacial score (nSPS) is 27.7. The number of benzene rings is 1. The largest absolute Gasteiger partial charge is 0.488 e. The SMILES string of the molecule is OB(O)c1ccc2c(c1)nc1n2CC2CCC(C1)N2C1CCC1. The zero-order chi connectivity index (χ0) is 15.6. The first-order chi connectivity index (χ1) is 11.2. The maximum absolute atomic E-state index is 9.37. The number of fused-ring (bicyclic) bond motifs is 5. The lowest BCUT2D eigenvalue weighted by molar-refractivity contribution is 0.0739. The molecule has 3 heterocycles. The van der Waals surface area contributed by atoms with Gasteiger partial charge in [-0.2, -0.15) is 0 Å². The van der Waals surface area contributed by atoms with Gasteiger partial charge in [-0.05, 0) is 43.3 Å². The quantitative estimate of drug-likeness (QED) is 0.800. The number of imidazole rings is 1. The molecule has 5 nitrogen and oxygen atoms in total. The highest BCUT2D eigenvalue weighted by atomic mass is 16.4. The van der Waals surface area contributed by atoms with Crippen LogP contribution in [0.15, 0.2) is 18.2 Å². The number of aromatic nitrogens is 2. The summed E-state index contributed by atoms with van der Waals surface area (Å²) in [4.78, 5) is 7.63. The van der Waals surface area contributed by atoms with Crippen LogP contribution < -0.4 is 5.46 Å². The Morgan fingerprint density at radius 1 is 1.04 bits per heavy atom. The molecule has 5 rings (SSSR count). The predicted molar refractivity (Wildman–Crippen MR) is 89.6 cm³/mol. The molecule has 2 unspecified atom stereocenters. The third kappa shape index (κ3) is 2.08. The maximum Gasteiger partial charge on any atom is 0.488 e. The topological polar surface area (TPSA) is 61.5 Å². The van der Waals surface area contributed by atoms with Crippen LogP contribution in [-0.2, 0) is 13.0 Å². The average Bonchev–Trinajstić information content (AvgIpc) is 2.95. The van der Waals surface area contributed by atoms with E-state index in [2.05, 4.69) is 9.47 Å². The van der Waals surface area contributed by atoms with Gasteiger partial charge >= 0.3 is 7.12 Å². The predicted octanol–water partition coefficient (Wildman–Crippen LogP) is 0.658. The molecule has 2 N–H and O–H groups in total. The zero-order valence-electron chi connectivity index (χ0n) is 13.2. The van der Waals surface area contributed by atoms with Crippen molar-refractivity contribution in [2.75, 3.05) is 0 Å². The molecular formula is C17H22BN3O2. The molecule has 23 heavy (non-hydrogen) atoms. The Bertz CT molecular complexity index is 756. The van der Waals surface area contributed by atoms with E-state index in [1.54, 1.807) is 6.07 Å². The minimum atomic E-state index is -1.42. The second-order valence-corrected chi connectivity index (χ2v) is 7.38. The van der Waals surface area contributed by atoms with Crippen LogP contribution in [0.4, 0.5) is 0 Å². The van der Waals surface area contributed by atoms with Crippen molar-refractivity contribution < 1.29 is 10.0 Å². The third-order valence-corrected chi connectivity index (χ3v) is 6.13. The van der Waals surface area contributed by atoms with Crippen molar-refractivity contribution in [1.29, 1.82) is 0 Å². The number of hydrogen-bond donors (Lipinski definition) is 2. The summed E-state index contributed by atoms with van der Waals surface area (Å²) in [6.07, 6.45) is 7.75. The lowest BCUT2D eigenvalue weighted by atomic mass is 9.80. The van der Waals surface area contributed by atoms with Crippen LogP contribution >= 0.6 is 0 Å². The molecule has 3 aliphatic rings. The lowest BCUT2D eigenvalue weighted by Gasteiger charge is -2.41. The van der Waals surface area contributed by atoms with Crippen molar-refractivity contribution in [2.45, 2.75) is 63.2 Å². The van der Waals surface area contributed by atoms with Crippen LogP contribution in [0.5, 0.6) is 0 Å². The molecule has 0 amide bonds. The highest BCUT2D eigenvalue weighted by molar-refractivity contribution is 6.58. The van der Waals surface area contributed by atoms with Crippen LogP contribution in [-0.4, -0.2) is 49.7 Å². The molecular weight excluding hydrogens is 289 g/mol. The first-order valence-corrected chi connectivity index (χ1v) is 8.83. The molecule has 0 radical (unpaired) electrons. The van der Waals surface area contributed by atoms with Gasteiger partial charge in [-0.1, -0.05) is 12.5 Å². The highest BCUT2D eigenvalue weighted by Gasteiger charge is 2.42. The van der Waals surface area contributed by atoms with Crippen molar-refractivity contribution in [3.63, 3.8) is 0 Å². The fraction of sp³-hybridized carbons (Fsp3) is 0.588. The number of rotatable bonds is 2. The Morgan fingerprint density at radius 3 is 2.61 bits per heavy atom. The number of hydrogen-bond acceptors (Lipinski definition) is 4. The van der Waals surface area contributed by atoms with E-state index in [-0.39, 0.29) is 0 Å². The van der Waals surface area contributed by atoms with Gasteiger partial charge in [0.2, 0.25) is 0 Å². The van der Waals surface area contributed by atoms with Gasteiger partial charge in [-0.15, -0.1) is 0 Å². The molecule has 2 fully saturated rings. The lowest BCUT2D eigenvalue weighted by Crippen LogP contribution is -2.48. The fourth-order valence-corrected chi connectivity index (χ4v) is 4.79. The summed E-state index contributed by atoms with van der Waals surface area (Å²) in [5.41, 5.74) is 2.54. The highest BCUT2D eigenvalue weighted by Crippen LogP contribution is 2.39. The van der Waals surface area contributed by atoms with Gasteiger partial charge < -0.3 is 14.6 Å². The summed E-state index contributed by atoms with van der Waals surface area (Å²) in [5.74, 6) is 1.17. The first kappa shape index (κ1) is 14.0. The van der Waals surface area contributed by atoms with Gasteiger partial charge in [-0.3, -0.25) is 4.90 Å². The molecule has 1 aromatic carbocycles. The van der Waals surface area contributed by atoms with Gasteiger partial charge in [-0.25, -0.2) is 4.98 Å². The summed E-state index contributed by atoms with van der Waals surface area (Å²) >= 11 is 0. The minimum Gasteiger partial charge on any atom is -0.423 e. The van der Waals surface area contributed by atoms with Crippen LogP contribution in [0.25, 0.3) is 11.0 Å². The van der Waals surface area contributed by atoms with Gasteiger partial charge in [0.05, 0.1) is 11.0 Å². The molecule has 1 saturated heterocycles. The van der Waals surface area contributed by atoms with Crippen molar-refractivity contribution in [2.24, 2.45) is 0 Å². The van der Waals surface area contributed by atoms with E-state index in [1.807, 2.05) is 12.1 Å². The van der Waals surface area contributed by atoms with E-state index < -0.39 is 7.12 Å². The fourth-order valence-electron chi connectivity index (χ4n) is 4.79. The van der Waals surface area contributed by atoms with Gasteiger partial charge in [0, 0.05) is 31.1 Å². The molecule has 2 bridgehead atoms. The molecule has 6 heteroatoms. The smallest absolute Gasteiger partial charge is 0.423 e. The first-order valence-electron chi connectivity index (χ1n) is 8.83. The molecule has 120 valence electrons. The summed E-state index contributed by atoms with van der Waals surface area (Å²) in [6, 6.07) is 7.70. The van der Waals surface area contributed by atoms with Crippen LogP contribution in [0.3, 0.4) is 0 Å². The Morgan fingerprint density at radius 2 is 1.87 bits per heavy atom. The molecule has 1 aromatic heterocycles. The van der Waals surface area contributed by atoms with Crippen LogP contribution in [0.2, 0.25) is 0 Å². The monoisotopic (exact) mass is 311 g/mol. The summed E-state index contributed by atoms with van der Waals surface area (Å²) in [7, 11) is -1.42. The minimum absolute atomic E-state index is 0.518. The molecule has 2 aromatic rings. The van der Waals surface area contributed by atoms with E-state index in [9.17, 15) is 10.0 Å². The van der Waals surface area contributed by atoms with Crippen molar-refractivity contribution in [1.82, 2.24) is 14.5 Å². The van der Waals surface area contributed by atoms with E-state index >= 15 is 0 Å².